The number of rotatable bonds is 17. The summed E-state index contributed by atoms with van der Waals surface area (Å²) in [6.45, 7) is 14.2. The number of hydrogen-bond acceptors (Lipinski definition) is 7. The standard InChI is InChI=1S/C36H47N8O/c1-5-43(6-2)33-17-15-30(16-18-33)37-38-31-21-26-41(27-22-31)23-11-9-10-12-24-42-25-13-14-32(29-42)39-40-35-20-19-34(28-36(35)45)44(7-3)8-4/h13-22,25-29H,5-12,23-24H2,1-4H3/q+1/p+1. The van der Waals surface area contributed by atoms with Gasteiger partial charge in [0.05, 0.1) is 11.4 Å². The van der Waals surface area contributed by atoms with Crippen molar-refractivity contribution < 1.29 is 14.2 Å². The lowest BCUT2D eigenvalue weighted by Crippen LogP contribution is -2.33. The minimum atomic E-state index is 0.138. The lowest BCUT2D eigenvalue weighted by Gasteiger charge is -2.21. The Labute approximate surface area is 268 Å². The molecule has 9 nitrogen and oxygen atoms in total. The van der Waals surface area contributed by atoms with E-state index in [4.69, 9.17) is 0 Å². The van der Waals surface area contributed by atoms with Crippen LogP contribution in [0.3, 0.4) is 0 Å². The molecule has 45 heavy (non-hydrogen) atoms. The smallest absolute Gasteiger partial charge is 0.196 e. The molecule has 0 atom stereocenters. The van der Waals surface area contributed by atoms with E-state index in [0.29, 0.717) is 5.69 Å². The Hall–Kier alpha value is -4.66. The van der Waals surface area contributed by atoms with Gasteiger partial charge in [-0.05, 0) is 83.0 Å². The van der Waals surface area contributed by atoms with Crippen LogP contribution in [0.5, 0.6) is 5.75 Å². The van der Waals surface area contributed by atoms with Crippen molar-refractivity contribution in [3.63, 3.8) is 0 Å². The molecule has 0 spiro atoms. The molecule has 0 aliphatic heterocycles. The molecular formula is C36H48N8O+2. The maximum Gasteiger partial charge on any atom is 0.196 e. The van der Waals surface area contributed by atoms with Crippen molar-refractivity contribution in [2.75, 3.05) is 36.0 Å². The van der Waals surface area contributed by atoms with Crippen LogP contribution in [-0.2, 0) is 13.1 Å². The number of aromatic hydroxyl groups is 1. The third-order valence-electron chi connectivity index (χ3n) is 7.92. The average Bonchev–Trinajstić information content (AvgIpc) is 3.07. The highest BCUT2D eigenvalue weighted by Crippen LogP contribution is 2.32. The molecule has 2 aromatic carbocycles. The predicted molar refractivity (Wildman–Crippen MR) is 182 cm³/mol. The molecule has 4 rings (SSSR count). The number of pyridine rings is 2. The van der Waals surface area contributed by atoms with Crippen LogP contribution in [0.1, 0.15) is 53.4 Å². The van der Waals surface area contributed by atoms with E-state index < -0.39 is 0 Å². The van der Waals surface area contributed by atoms with Crippen LogP contribution >= 0.6 is 0 Å². The van der Waals surface area contributed by atoms with Crippen molar-refractivity contribution in [2.45, 2.75) is 66.5 Å². The zero-order valence-electron chi connectivity index (χ0n) is 27.3. The molecule has 0 amide bonds. The van der Waals surface area contributed by atoms with E-state index in [0.717, 1.165) is 81.3 Å². The number of aryl methyl sites for hydroxylation is 2. The molecule has 0 saturated heterocycles. The number of aromatic nitrogens is 2. The van der Waals surface area contributed by atoms with Gasteiger partial charge in [-0.25, -0.2) is 9.13 Å². The maximum absolute atomic E-state index is 10.4. The molecule has 0 radical (unpaired) electrons. The van der Waals surface area contributed by atoms with Crippen LogP contribution in [0.4, 0.5) is 34.1 Å². The Morgan fingerprint density at radius 2 is 1.11 bits per heavy atom. The summed E-state index contributed by atoms with van der Waals surface area (Å²) in [5.74, 6) is 0.138. The Morgan fingerprint density at radius 1 is 0.556 bits per heavy atom. The summed E-state index contributed by atoms with van der Waals surface area (Å²) in [7, 11) is 0. The van der Waals surface area contributed by atoms with Gasteiger partial charge in [0, 0.05) is 74.7 Å². The second-order valence-corrected chi connectivity index (χ2v) is 10.9. The molecule has 0 aliphatic carbocycles. The van der Waals surface area contributed by atoms with Crippen molar-refractivity contribution in [1.82, 2.24) is 0 Å². The number of azo groups is 2. The predicted octanol–water partition coefficient (Wildman–Crippen LogP) is 8.75. The second-order valence-electron chi connectivity index (χ2n) is 10.9. The van der Waals surface area contributed by atoms with Crippen LogP contribution in [-0.4, -0.2) is 31.3 Å². The lowest BCUT2D eigenvalue weighted by atomic mass is 10.2. The van der Waals surface area contributed by atoms with Crippen molar-refractivity contribution in [2.24, 2.45) is 20.5 Å². The molecule has 236 valence electrons. The highest BCUT2D eigenvalue weighted by Gasteiger charge is 2.08. The van der Waals surface area contributed by atoms with E-state index in [-0.39, 0.29) is 5.75 Å². The molecular weight excluding hydrogens is 560 g/mol. The number of anilines is 2. The Morgan fingerprint density at radius 3 is 1.73 bits per heavy atom. The number of phenols is 1. The van der Waals surface area contributed by atoms with Crippen LogP contribution in [0.25, 0.3) is 0 Å². The van der Waals surface area contributed by atoms with Gasteiger partial charge in [0.2, 0.25) is 0 Å². The molecule has 0 bridgehead atoms. The molecule has 0 saturated carbocycles. The highest BCUT2D eigenvalue weighted by atomic mass is 16.3. The van der Waals surface area contributed by atoms with Gasteiger partial charge in [0.25, 0.3) is 0 Å². The summed E-state index contributed by atoms with van der Waals surface area (Å²) in [5.41, 5.74) is 5.13. The zero-order chi connectivity index (χ0) is 31.9. The maximum atomic E-state index is 10.4. The summed E-state index contributed by atoms with van der Waals surface area (Å²) in [5, 5.41) is 27.9. The van der Waals surface area contributed by atoms with Crippen molar-refractivity contribution in [3.8, 4) is 5.75 Å². The van der Waals surface area contributed by atoms with Crippen LogP contribution in [0.15, 0.2) is 112 Å². The summed E-state index contributed by atoms with van der Waals surface area (Å²) >= 11 is 0. The van der Waals surface area contributed by atoms with Crippen molar-refractivity contribution in [1.29, 1.82) is 0 Å². The quantitative estimate of drug-likeness (QED) is 0.0739. The van der Waals surface area contributed by atoms with Crippen molar-refractivity contribution >= 4 is 34.1 Å². The van der Waals surface area contributed by atoms with E-state index in [1.54, 1.807) is 6.07 Å². The summed E-state index contributed by atoms with van der Waals surface area (Å²) in [6, 6.07) is 21.7. The Bertz CT molecular complexity index is 1510. The molecule has 4 aromatic rings. The third-order valence-corrected chi connectivity index (χ3v) is 7.92. The van der Waals surface area contributed by atoms with Gasteiger partial charge in [0.15, 0.2) is 24.8 Å². The lowest BCUT2D eigenvalue weighted by molar-refractivity contribution is -0.698. The molecule has 2 heterocycles. The summed E-state index contributed by atoms with van der Waals surface area (Å²) < 4.78 is 4.36. The minimum Gasteiger partial charge on any atom is -0.506 e. The fourth-order valence-corrected chi connectivity index (χ4v) is 5.24. The summed E-state index contributed by atoms with van der Waals surface area (Å²) in [6.07, 6.45) is 12.8. The third kappa shape index (κ3) is 10.2. The molecule has 9 heteroatoms. The van der Waals surface area contributed by atoms with E-state index >= 15 is 0 Å². The number of phenolic OH excluding ortho intramolecular Hbond substituents is 1. The average molecular weight is 609 g/mol. The fourth-order valence-electron chi connectivity index (χ4n) is 5.24. The fraction of sp³-hybridized carbons (Fsp3) is 0.389. The number of hydrogen-bond donors (Lipinski definition) is 1. The van der Waals surface area contributed by atoms with Crippen LogP contribution < -0.4 is 18.9 Å². The summed E-state index contributed by atoms with van der Waals surface area (Å²) in [4.78, 5) is 4.49. The van der Waals surface area contributed by atoms with Gasteiger partial charge in [-0.1, -0.05) is 0 Å². The van der Waals surface area contributed by atoms with Gasteiger partial charge in [-0.15, -0.1) is 10.2 Å². The van der Waals surface area contributed by atoms with E-state index in [2.05, 4.69) is 97.8 Å². The number of nitrogens with zero attached hydrogens (tertiary/aromatic N) is 8. The second kappa shape index (κ2) is 17.6. The van der Waals surface area contributed by atoms with Crippen LogP contribution in [0, 0.1) is 0 Å². The number of unbranched alkanes of at least 4 members (excludes halogenated alkanes) is 3. The highest BCUT2D eigenvalue weighted by molar-refractivity contribution is 5.61. The molecule has 0 aliphatic rings. The first-order valence-electron chi connectivity index (χ1n) is 16.3. The Balaban J connectivity index is 1.16. The molecule has 1 N–H and O–H groups in total. The first-order chi connectivity index (χ1) is 22.0. The van der Waals surface area contributed by atoms with Gasteiger partial charge < -0.3 is 14.9 Å². The molecule has 2 aromatic heterocycles. The van der Waals surface area contributed by atoms with E-state index in [1.165, 1.54) is 12.1 Å². The van der Waals surface area contributed by atoms with E-state index in [9.17, 15) is 5.11 Å². The van der Waals surface area contributed by atoms with Crippen molar-refractivity contribution in [3.05, 3.63) is 91.5 Å². The normalized spacial score (nSPS) is 11.5. The zero-order valence-corrected chi connectivity index (χ0v) is 27.3. The topological polar surface area (TPSA) is 83.9 Å². The van der Waals surface area contributed by atoms with Gasteiger partial charge in [-0.3, -0.25) is 0 Å². The Kier molecular flexibility index (Phi) is 13.0. The van der Waals surface area contributed by atoms with Gasteiger partial charge >= 0.3 is 0 Å². The number of benzene rings is 2. The first-order valence-corrected chi connectivity index (χ1v) is 16.3. The molecule has 0 fully saturated rings. The SMILES string of the molecule is CCN(CC)c1ccc(/N=N/c2cc[n+](CCCCCC[n+]3cccc(/N=N/c4ccc(N(CC)CC)cc4O)c3)cc2)cc1. The molecule has 0 unspecified atom stereocenters. The largest absolute Gasteiger partial charge is 0.506 e. The first kappa shape index (κ1) is 33.2. The minimum absolute atomic E-state index is 0.138. The monoisotopic (exact) mass is 608 g/mol. The van der Waals surface area contributed by atoms with Crippen LogP contribution in [0.2, 0.25) is 0 Å². The van der Waals surface area contributed by atoms with E-state index in [1.807, 2.05) is 54.7 Å². The van der Waals surface area contributed by atoms with Gasteiger partial charge in [0.1, 0.15) is 30.2 Å². The van der Waals surface area contributed by atoms with Gasteiger partial charge in [-0.2, -0.15) is 10.2 Å².